The highest BCUT2D eigenvalue weighted by Crippen LogP contribution is 2.28. The second-order valence-electron chi connectivity index (χ2n) is 5.13. The van der Waals surface area contributed by atoms with Crippen LogP contribution >= 0.6 is 11.6 Å². The first kappa shape index (κ1) is 19.5. The Morgan fingerprint density at radius 1 is 0.962 bits per heavy atom. The van der Waals surface area contributed by atoms with Gasteiger partial charge in [0.05, 0.1) is 32.9 Å². The number of hydrogen-bond acceptors (Lipinski definition) is 5. The standard InChI is InChI=1S/C18H21ClN2O5/c1-23-13-9-14(24-2)11-15(10-13)26-7-6-20-18(22)21-12-4-5-17(25-3)16(19)8-12/h4-5,8-11H,6-7H2,1-3H3,(H2,20,21,22). The van der Waals surface area contributed by atoms with E-state index >= 15 is 0 Å². The van der Waals surface area contributed by atoms with Crippen LogP contribution in [0.2, 0.25) is 5.02 Å². The lowest BCUT2D eigenvalue weighted by Gasteiger charge is -2.12. The molecule has 26 heavy (non-hydrogen) atoms. The van der Waals surface area contributed by atoms with E-state index in [-0.39, 0.29) is 12.6 Å². The third kappa shape index (κ3) is 5.63. The van der Waals surface area contributed by atoms with E-state index in [9.17, 15) is 4.79 Å². The third-order valence-corrected chi connectivity index (χ3v) is 3.69. The molecule has 0 saturated heterocycles. The minimum Gasteiger partial charge on any atom is -0.496 e. The Kier molecular flexibility index (Phi) is 7.23. The van der Waals surface area contributed by atoms with Gasteiger partial charge in [-0.25, -0.2) is 4.79 Å². The number of anilines is 1. The van der Waals surface area contributed by atoms with Crippen LogP contribution in [0.3, 0.4) is 0 Å². The minimum atomic E-state index is -0.363. The number of amides is 2. The Morgan fingerprint density at radius 3 is 2.19 bits per heavy atom. The fraction of sp³-hybridized carbons (Fsp3) is 0.278. The molecule has 0 saturated carbocycles. The normalized spacial score (nSPS) is 10.0. The van der Waals surface area contributed by atoms with Crippen molar-refractivity contribution in [2.24, 2.45) is 0 Å². The van der Waals surface area contributed by atoms with E-state index in [0.717, 1.165) is 0 Å². The van der Waals surface area contributed by atoms with Crippen LogP contribution in [0, 0.1) is 0 Å². The zero-order valence-corrected chi connectivity index (χ0v) is 15.6. The van der Waals surface area contributed by atoms with E-state index in [1.165, 1.54) is 7.11 Å². The monoisotopic (exact) mass is 380 g/mol. The Labute approximate surface area is 157 Å². The number of nitrogens with one attached hydrogen (secondary N) is 2. The lowest BCUT2D eigenvalue weighted by Crippen LogP contribution is -2.32. The summed E-state index contributed by atoms with van der Waals surface area (Å²) in [5.41, 5.74) is 0.562. The first-order valence-electron chi connectivity index (χ1n) is 7.80. The second-order valence-corrected chi connectivity index (χ2v) is 5.53. The van der Waals surface area contributed by atoms with Crippen LogP contribution in [0.25, 0.3) is 0 Å². The van der Waals surface area contributed by atoms with Gasteiger partial charge in [0, 0.05) is 23.9 Å². The Morgan fingerprint density at radius 2 is 1.62 bits per heavy atom. The quantitative estimate of drug-likeness (QED) is 0.684. The van der Waals surface area contributed by atoms with Gasteiger partial charge in [-0.2, -0.15) is 0 Å². The molecule has 2 rings (SSSR count). The predicted molar refractivity (Wildman–Crippen MR) is 100 cm³/mol. The number of carbonyl (C=O) groups excluding carboxylic acids is 1. The summed E-state index contributed by atoms with van der Waals surface area (Å²) in [4.78, 5) is 11.9. The number of ether oxygens (including phenoxy) is 4. The molecule has 0 aromatic heterocycles. The second kappa shape index (κ2) is 9.62. The zero-order chi connectivity index (χ0) is 18.9. The van der Waals surface area contributed by atoms with E-state index in [4.69, 9.17) is 30.5 Å². The molecule has 7 nitrogen and oxygen atoms in total. The number of carbonyl (C=O) groups is 1. The van der Waals surface area contributed by atoms with Crippen molar-refractivity contribution < 1.29 is 23.7 Å². The highest BCUT2D eigenvalue weighted by Gasteiger charge is 2.06. The Bertz CT molecular complexity index is 732. The van der Waals surface area contributed by atoms with E-state index in [0.29, 0.717) is 40.3 Å². The molecule has 140 valence electrons. The molecule has 2 amide bonds. The summed E-state index contributed by atoms with van der Waals surface area (Å²) in [6.45, 7) is 0.600. The maximum absolute atomic E-state index is 11.9. The summed E-state index contributed by atoms with van der Waals surface area (Å²) in [7, 11) is 4.66. The van der Waals surface area contributed by atoms with Crippen LogP contribution in [0.15, 0.2) is 36.4 Å². The van der Waals surface area contributed by atoms with Gasteiger partial charge < -0.3 is 29.6 Å². The molecule has 0 bridgehead atoms. The highest BCUT2D eigenvalue weighted by molar-refractivity contribution is 6.32. The number of urea groups is 1. The zero-order valence-electron chi connectivity index (χ0n) is 14.8. The SMILES string of the molecule is COc1cc(OC)cc(OCCNC(=O)Nc2ccc(OC)c(Cl)c2)c1. The molecule has 2 aromatic rings. The first-order valence-corrected chi connectivity index (χ1v) is 8.17. The number of rotatable bonds is 8. The van der Waals surface area contributed by atoms with Crippen LogP contribution in [-0.4, -0.2) is 40.5 Å². The molecule has 2 aromatic carbocycles. The lowest BCUT2D eigenvalue weighted by atomic mass is 10.3. The van der Waals surface area contributed by atoms with Crippen molar-refractivity contribution in [2.75, 3.05) is 39.8 Å². The molecule has 0 aliphatic carbocycles. The van der Waals surface area contributed by atoms with Crippen LogP contribution < -0.4 is 29.6 Å². The van der Waals surface area contributed by atoms with Gasteiger partial charge in [-0.15, -0.1) is 0 Å². The number of halogens is 1. The molecule has 0 radical (unpaired) electrons. The molecule has 0 aliphatic heterocycles. The van der Waals surface area contributed by atoms with Crippen molar-refractivity contribution in [1.82, 2.24) is 5.32 Å². The van der Waals surface area contributed by atoms with Crippen LogP contribution in [-0.2, 0) is 0 Å². The van der Waals surface area contributed by atoms with E-state index in [1.54, 1.807) is 50.6 Å². The highest BCUT2D eigenvalue weighted by atomic mass is 35.5. The van der Waals surface area contributed by atoms with Crippen LogP contribution in [0.1, 0.15) is 0 Å². The van der Waals surface area contributed by atoms with Crippen molar-refractivity contribution in [3.63, 3.8) is 0 Å². The summed E-state index contributed by atoms with van der Waals surface area (Å²) in [5.74, 6) is 2.38. The maximum Gasteiger partial charge on any atom is 0.319 e. The summed E-state index contributed by atoms with van der Waals surface area (Å²) in [5, 5.41) is 5.80. The van der Waals surface area contributed by atoms with Crippen LogP contribution in [0.5, 0.6) is 23.0 Å². The molecule has 0 atom stereocenters. The van der Waals surface area contributed by atoms with Gasteiger partial charge >= 0.3 is 6.03 Å². The molecule has 0 unspecified atom stereocenters. The summed E-state index contributed by atoms with van der Waals surface area (Å²) < 4.78 is 21.0. The van der Waals surface area contributed by atoms with Crippen LogP contribution in [0.4, 0.5) is 10.5 Å². The van der Waals surface area contributed by atoms with Gasteiger partial charge in [0.2, 0.25) is 0 Å². The van der Waals surface area contributed by atoms with E-state index < -0.39 is 0 Å². The third-order valence-electron chi connectivity index (χ3n) is 3.39. The average molecular weight is 381 g/mol. The average Bonchev–Trinajstić information content (AvgIpc) is 2.65. The first-order chi connectivity index (χ1) is 12.5. The fourth-order valence-electron chi connectivity index (χ4n) is 2.12. The van der Waals surface area contributed by atoms with Crippen molar-refractivity contribution in [3.05, 3.63) is 41.4 Å². The van der Waals surface area contributed by atoms with Gasteiger partial charge in [0.25, 0.3) is 0 Å². The number of methoxy groups -OCH3 is 3. The van der Waals surface area contributed by atoms with Gasteiger partial charge in [-0.3, -0.25) is 0 Å². The smallest absolute Gasteiger partial charge is 0.319 e. The molecule has 0 spiro atoms. The topological polar surface area (TPSA) is 78.0 Å². The molecule has 0 heterocycles. The largest absolute Gasteiger partial charge is 0.496 e. The van der Waals surface area contributed by atoms with Crippen molar-refractivity contribution in [3.8, 4) is 23.0 Å². The summed E-state index contributed by atoms with van der Waals surface area (Å²) in [6.07, 6.45) is 0. The molecule has 0 aliphatic rings. The summed E-state index contributed by atoms with van der Waals surface area (Å²) in [6, 6.07) is 9.85. The van der Waals surface area contributed by atoms with Gasteiger partial charge in [-0.1, -0.05) is 11.6 Å². The predicted octanol–water partition coefficient (Wildman–Crippen LogP) is 3.57. The Balaban J connectivity index is 1.79. The maximum atomic E-state index is 11.9. The Hall–Kier alpha value is -2.80. The molecule has 2 N–H and O–H groups in total. The lowest BCUT2D eigenvalue weighted by molar-refractivity contribution is 0.247. The van der Waals surface area contributed by atoms with Gasteiger partial charge in [-0.05, 0) is 18.2 Å². The number of benzene rings is 2. The van der Waals surface area contributed by atoms with Crippen molar-refractivity contribution in [2.45, 2.75) is 0 Å². The number of hydrogen-bond donors (Lipinski definition) is 2. The van der Waals surface area contributed by atoms with E-state index in [1.807, 2.05) is 0 Å². The van der Waals surface area contributed by atoms with Gasteiger partial charge in [0.1, 0.15) is 29.6 Å². The van der Waals surface area contributed by atoms with E-state index in [2.05, 4.69) is 10.6 Å². The molecule has 8 heteroatoms. The summed E-state index contributed by atoms with van der Waals surface area (Å²) >= 11 is 6.02. The molecular formula is C18H21ClN2O5. The minimum absolute atomic E-state index is 0.285. The molecular weight excluding hydrogens is 360 g/mol. The van der Waals surface area contributed by atoms with Crippen molar-refractivity contribution >= 4 is 23.3 Å². The van der Waals surface area contributed by atoms with Crippen molar-refractivity contribution in [1.29, 1.82) is 0 Å². The molecule has 0 fully saturated rings. The van der Waals surface area contributed by atoms with Gasteiger partial charge in [0.15, 0.2) is 0 Å². The fourth-order valence-corrected chi connectivity index (χ4v) is 2.38.